The maximum Gasteiger partial charge on any atom is 0.225 e. The number of carbonyl (C=O) groups is 1. The van der Waals surface area contributed by atoms with Crippen LogP contribution in [0.15, 0.2) is 30.7 Å². The van der Waals surface area contributed by atoms with E-state index in [-0.39, 0.29) is 0 Å². The number of aromatic amines is 1. The van der Waals surface area contributed by atoms with E-state index in [0.29, 0.717) is 17.4 Å². The van der Waals surface area contributed by atoms with Crippen LogP contribution >= 0.6 is 0 Å². The molecule has 4 heterocycles. The van der Waals surface area contributed by atoms with Gasteiger partial charge in [0.25, 0.3) is 0 Å². The van der Waals surface area contributed by atoms with Crippen molar-refractivity contribution in [1.82, 2.24) is 19.9 Å². The topological polar surface area (TPSA) is 94.9 Å². The Morgan fingerprint density at radius 2 is 1.85 bits per heavy atom. The number of nitrogens with one attached hydrogen (secondary N) is 1. The van der Waals surface area contributed by atoms with Crippen molar-refractivity contribution in [1.29, 1.82) is 5.26 Å². The summed E-state index contributed by atoms with van der Waals surface area (Å²) in [4.78, 5) is 24.8. The number of H-pyrrole nitrogens is 1. The summed E-state index contributed by atoms with van der Waals surface area (Å²) in [6, 6.07) is 7.51. The Bertz CT molecular complexity index is 1050. The molecule has 2 saturated heterocycles. The van der Waals surface area contributed by atoms with Crippen molar-refractivity contribution in [3.05, 3.63) is 36.3 Å². The van der Waals surface area contributed by atoms with Gasteiger partial charge in [-0.25, -0.2) is 4.98 Å². The molecular weight excluding hydrogens is 477 g/mol. The summed E-state index contributed by atoms with van der Waals surface area (Å²) < 4.78 is 5.07. The van der Waals surface area contributed by atoms with E-state index in [1.54, 1.807) is 18.6 Å². The summed E-state index contributed by atoms with van der Waals surface area (Å²) in [6.07, 6.45) is 12.0. The van der Waals surface area contributed by atoms with Crippen LogP contribution in [0.25, 0.3) is 21.9 Å². The fourth-order valence-corrected chi connectivity index (χ4v) is 3.87. The summed E-state index contributed by atoms with van der Waals surface area (Å²) in [5, 5.41) is 9.73. The van der Waals surface area contributed by atoms with Gasteiger partial charge in [0.05, 0.1) is 40.7 Å². The van der Waals surface area contributed by atoms with Crippen LogP contribution in [0.5, 0.6) is 0 Å². The van der Waals surface area contributed by atoms with Crippen LogP contribution in [0.3, 0.4) is 0 Å². The Balaban J connectivity index is 0.000000147. The van der Waals surface area contributed by atoms with Gasteiger partial charge in [0, 0.05) is 37.6 Å². The predicted octanol–water partition coefficient (Wildman–Crippen LogP) is 4.39. The van der Waals surface area contributed by atoms with Crippen molar-refractivity contribution in [2.24, 2.45) is 5.92 Å². The molecule has 1 aromatic carbocycles. The molecule has 0 unspecified atom stereocenters. The van der Waals surface area contributed by atoms with Crippen LogP contribution in [0.2, 0.25) is 5.71 Å². The molecule has 1 saturated carbocycles. The Labute approximate surface area is 204 Å². The minimum atomic E-state index is 0.428. The molecule has 2 aliphatic heterocycles. The summed E-state index contributed by atoms with van der Waals surface area (Å²) in [5.74, 6) is 0.857. The van der Waals surface area contributed by atoms with E-state index in [2.05, 4.69) is 37.9 Å². The molecule has 8 heteroatoms. The van der Waals surface area contributed by atoms with E-state index in [1.807, 2.05) is 22.7 Å². The van der Waals surface area contributed by atoms with Crippen LogP contribution in [0, 0.1) is 17.2 Å². The van der Waals surface area contributed by atoms with Crippen molar-refractivity contribution in [2.75, 3.05) is 26.3 Å². The normalized spacial score (nSPS) is 17.1. The maximum absolute atomic E-state index is 11.3. The van der Waals surface area contributed by atoms with Gasteiger partial charge in [0.1, 0.15) is 0 Å². The van der Waals surface area contributed by atoms with Gasteiger partial charge in [0.2, 0.25) is 5.91 Å². The number of fused-ring (bicyclic) bond motifs is 3. The second-order valence-electron chi connectivity index (χ2n) is 8.25. The first-order valence-electron chi connectivity index (χ1n) is 11.7. The Morgan fingerprint density at radius 3 is 2.42 bits per heavy atom. The molecule has 2 radical (unpaired) electrons. The fraction of sp³-hybridized carbons (Fsp3) is 0.520. The van der Waals surface area contributed by atoms with Gasteiger partial charge in [-0.05, 0) is 63.1 Å². The Kier molecular flexibility index (Phi) is 10.2. The monoisotopic (exact) mass is 509 g/mol. The van der Waals surface area contributed by atoms with E-state index in [0.717, 1.165) is 61.1 Å². The first kappa shape index (κ1) is 25.2. The fourth-order valence-electron chi connectivity index (χ4n) is 3.87. The maximum atomic E-state index is 11.3. The largest absolute Gasteiger partial charge is 0.343 e. The van der Waals surface area contributed by atoms with Crippen molar-refractivity contribution >= 4 is 44.7 Å². The first-order chi connectivity index (χ1) is 16.3. The zero-order chi connectivity index (χ0) is 23.5. The molecule has 1 aliphatic carbocycles. The average molecular weight is 509 g/mol. The number of carbonyl (C=O) groups excluding carboxylic acids is 1. The number of rotatable bonds is 1. The quantitative estimate of drug-likeness (QED) is 0.491. The molecule has 0 atom stereocenters. The van der Waals surface area contributed by atoms with Crippen molar-refractivity contribution < 1.29 is 9.53 Å². The number of likely N-dealkylation sites (tertiary alicyclic amines) is 1. The minimum absolute atomic E-state index is 0.428. The number of hydrogen-bond acceptors (Lipinski definition) is 5. The van der Waals surface area contributed by atoms with Gasteiger partial charge in [-0.1, -0.05) is 0 Å². The second-order valence-corrected chi connectivity index (χ2v) is 8.25. The summed E-state index contributed by atoms with van der Waals surface area (Å²) >= 11 is 2.31. The molecule has 6 rings (SSSR count). The summed E-state index contributed by atoms with van der Waals surface area (Å²) in [6.45, 7) is 4.05. The van der Waals surface area contributed by atoms with Gasteiger partial charge in [-0.3, -0.25) is 9.78 Å². The van der Waals surface area contributed by atoms with Crippen LogP contribution in [-0.2, 0) is 9.53 Å². The summed E-state index contributed by atoms with van der Waals surface area (Å²) in [7, 11) is 0. The number of ether oxygens (including phenoxy) is 1. The second kappa shape index (κ2) is 13.3. The molecule has 7 nitrogen and oxygen atoms in total. The van der Waals surface area contributed by atoms with Crippen molar-refractivity contribution in [2.45, 2.75) is 50.7 Å². The van der Waals surface area contributed by atoms with Crippen LogP contribution in [-0.4, -0.2) is 68.9 Å². The molecule has 2 aromatic heterocycles. The van der Waals surface area contributed by atoms with E-state index >= 15 is 0 Å². The van der Waals surface area contributed by atoms with Crippen LogP contribution in [0.1, 0.15) is 50.5 Å². The molecule has 3 aromatic rings. The standard InChI is InChI=1S/C11H6N4.C8H13NO.C5H10O.CH3As/c12-4-7-1-2-9-8(3-7)11-10(5-13-9)14-6-15-11;10-8(7-3-4-7)9-5-1-2-6-9;1-2-4-6-5-3-1;1-2/h1-3,5-6H,(H,14,15);7H,1-6H2;1-5H2;1H3. The molecule has 174 valence electrons. The smallest absolute Gasteiger partial charge is 0.225 e. The number of hydrogen-bond donors (Lipinski definition) is 1. The van der Waals surface area contributed by atoms with Gasteiger partial charge < -0.3 is 14.6 Å². The van der Waals surface area contributed by atoms with Gasteiger partial charge in [-0.2, -0.15) is 5.26 Å². The molecule has 3 fully saturated rings. The van der Waals surface area contributed by atoms with E-state index in [4.69, 9.17) is 10.00 Å². The number of benzene rings is 1. The van der Waals surface area contributed by atoms with E-state index < -0.39 is 0 Å². The van der Waals surface area contributed by atoms with Crippen LogP contribution in [0.4, 0.5) is 0 Å². The molecule has 1 N–H and O–H groups in total. The minimum Gasteiger partial charge on any atom is -0.343 e. The third kappa shape index (κ3) is 7.28. The number of amides is 1. The zero-order valence-corrected chi connectivity index (χ0v) is 21.2. The molecule has 0 bridgehead atoms. The number of aromatic nitrogens is 3. The van der Waals surface area contributed by atoms with Crippen molar-refractivity contribution in [3.63, 3.8) is 0 Å². The third-order valence-corrected chi connectivity index (χ3v) is 5.80. The first-order valence-corrected chi connectivity index (χ1v) is 13.6. The van der Waals surface area contributed by atoms with Crippen LogP contribution < -0.4 is 0 Å². The zero-order valence-electron chi connectivity index (χ0n) is 19.3. The SMILES string of the molecule is C1CCOCC1.C[As].N#Cc1ccc2ncc3[nH]cnc3c2c1.O=C(C1CC1)N1CCCC1. The van der Waals surface area contributed by atoms with Gasteiger partial charge >= 0.3 is 22.6 Å². The number of nitriles is 1. The predicted molar refractivity (Wildman–Crippen MR) is 131 cm³/mol. The Hall–Kier alpha value is -2.42. The van der Waals surface area contributed by atoms with E-state index in [9.17, 15) is 4.79 Å². The number of nitrogens with zero attached hydrogens (tertiary/aromatic N) is 4. The number of imidazole rings is 1. The molecule has 0 spiro atoms. The number of pyridine rings is 1. The van der Waals surface area contributed by atoms with Crippen molar-refractivity contribution in [3.8, 4) is 6.07 Å². The third-order valence-electron chi connectivity index (χ3n) is 5.80. The average Bonchev–Trinajstić information content (AvgIpc) is 3.37. The Morgan fingerprint density at radius 1 is 1.12 bits per heavy atom. The van der Waals surface area contributed by atoms with Gasteiger partial charge in [0.15, 0.2) is 0 Å². The molecule has 1 amide bonds. The summed E-state index contributed by atoms with van der Waals surface area (Å²) in [5.41, 5.74) is 5.16. The van der Waals surface area contributed by atoms with Gasteiger partial charge in [-0.15, -0.1) is 0 Å². The molecular formula is C25H32AsN5O2. The molecule has 3 aliphatic rings. The molecule has 33 heavy (non-hydrogen) atoms. The van der Waals surface area contributed by atoms with E-state index in [1.165, 1.54) is 32.1 Å².